The van der Waals surface area contributed by atoms with E-state index in [-0.39, 0.29) is 0 Å². The number of nitrogens with zero attached hydrogens (tertiary/aromatic N) is 2. The number of anilines is 1. The molecule has 1 aromatic carbocycles. The van der Waals surface area contributed by atoms with E-state index in [0.717, 1.165) is 11.4 Å². The predicted molar refractivity (Wildman–Crippen MR) is 72.0 cm³/mol. The lowest BCUT2D eigenvalue weighted by atomic mass is 10.3. The maximum Gasteiger partial charge on any atom is 0.138 e. The van der Waals surface area contributed by atoms with Gasteiger partial charge < -0.3 is 10.1 Å². The fraction of sp³-hybridized carbons (Fsp3) is 0.231. The van der Waals surface area contributed by atoms with Crippen LogP contribution in [0.4, 0.5) is 5.69 Å². The van der Waals surface area contributed by atoms with E-state index >= 15 is 0 Å². The van der Waals surface area contributed by atoms with Gasteiger partial charge in [0, 0.05) is 18.1 Å². The Morgan fingerprint density at radius 2 is 2.22 bits per heavy atom. The first kappa shape index (κ1) is 12.6. The van der Waals surface area contributed by atoms with Crippen LogP contribution in [-0.4, -0.2) is 16.6 Å². The summed E-state index contributed by atoms with van der Waals surface area (Å²) < 4.78 is 5.37. The third-order valence-corrected chi connectivity index (χ3v) is 2.62. The zero-order valence-corrected chi connectivity index (χ0v) is 10.8. The summed E-state index contributed by atoms with van der Waals surface area (Å²) in [6.45, 7) is 3.14. The third-order valence-electron chi connectivity index (χ3n) is 2.32. The van der Waals surface area contributed by atoms with Crippen LogP contribution in [0, 0.1) is 0 Å². The van der Waals surface area contributed by atoms with Crippen LogP contribution in [0.3, 0.4) is 0 Å². The van der Waals surface area contributed by atoms with Crippen molar-refractivity contribution in [3.63, 3.8) is 0 Å². The van der Waals surface area contributed by atoms with E-state index in [1.807, 2.05) is 25.1 Å². The predicted octanol–water partition coefficient (Wildman–Crippen LogP) is 3.14. The van der Waals surface area contributed by atoms with E-state index in [0.29, 0.717) is 23.9 Å². The quantitative estimate of drug-likeness (QED) is 0.900. The highest BCUT2D eigenvalue weighted by Gasteiger charge is 2.02. The molecular formula is C13H14ClN3O. The zero-order valence-electron chi connectivity index (χ0n) is 10.1. The molecule has 0 saturated heterocycles. The van der Waals surface area contributed by atoms with Gasteiger partial charge in [-0.2, -0.15) is 0 Å². The summed E-state index contributed by atoms with van der Waals surface area (Å²) in [5.74, 6) is 0.698. The Kier molecular flexibility index (Phi) is 4.36. The number of halogens is 1. The minimum absolute atomic E-state index is 0.598. The van der Waals surface area contributed by atoms with Crippen molar-refractivity contribution in [1.82, 2.24) is 9.97 Å². The molecule has 0 atom stereocenters. The number of hydrogen-bond acceptors (Lipinski definition) is 4. The largest absolute Gasteiger partial charge is 0.492 e. The highest BCUT2D eigenvalue weighted by molar-refractivity contribution is 6.32. The van der Waals surface area contributed by atoms with E-state index in [1.165, 1.54) is 0 Å². The summed E-state index contributed by atoms with van der Waals surface area (Å²) in [5, 5.41) is 3.83. The highest BCUT2D eigenvalue weighted by atomic mass is 35.5. The molecule has 1 heterocycles. The number of rotatable bonds is 5. The van der Waals surface area contributed by atoms with Crippen molar-refractivity contribution in [2.24, 2.45) is 0 Å². The minimum atomic E-state index is 0.598. The Morgan fingerprint density at radius 1 is 1.33 bits per heavy atom. The lowest BCUT2D eigenvalue weighted by molar-refractivity contribution is 0.340. The first-order valence-corrected chi connectivity index (χ1v) is 6.08. The van der Waals surface area contributed by atoms with Crippen molar-refractivity contribution >= 4 is 17.3 Å². The van der Waals surface area contributed by atoms with Crippen LogP contribution in [0.5, 0.6) is 5.75 Å². The van der Waals surface area contributed by atoms with Crippen LogP contribution >= 0.6 is 11.6 Å². The van der Waals surface area contributed by atoms with Crippen LogP contribution in [-0.2, 0) is 6.54 Å². The minimum Gasteiger partial charge on any atom is -0.492 e. The SMILES string of the molecule is CCOc1ccc(NCc2cnccn2)cc1Cl. The third kappa shape index (κ3) is 3.34. The molecule has 0 amide bonds. The van der Waals surface area contributed by atoms with Gasteiger partial charge in [-0.3, -0.25) is 9.97 Å². The molecule has 0 aliphatic heterocycles. The normalized spacial score (nSPS) is 10.1. The topological polar surface area (TPSA) is 47.0 Å². The highest BCUT2D eigenvalue weighted by Crippen LogP contribution is 2.27. The van der Waals surface area contributed by atoms with Gasteiger partial charge in [0.15, 0.2) is 0 Å². The summed E-state index contributed by atoms with van der Waals surface area (Å²) >= 11 is 6.10. The number of nitrogens with one attached hydrogen (secondary N) is 1. The standard InChI is InChI=1S/C13H14ClN3O/c1-2-18-13-4-3-10(7-12(13)14)17-9-11-8-15-5-6-16-11/h3-8,17H,2,9H2,1H3. The molecule has 0 aliphatic carbocycles. The number of benzene rings is 1. The Balaban J connectivity index is 2.00. The van der Waals surface area contributed by atoms with E-state index < -0.39 is 0 Å². The second-order valence-electron chi connectivity index (χ2n) is 3.63. The van der Waals surface area contributed by atoms with Crippen LogP contribution in [0.25, 0.3) is 0 Å². The van der Waals surface area contributed by atoms with Gasteiger partial charge in [0.1, 0.15) is 5.75 Å². The van der Waals surface area contributed by atoms with Crippen LogP contribution < -0.4 is 10.1 Å². The van der Waals surface area contributed by atoms with Crippen molar-refractivity contribution in [3.05, 3.63) is 47.5 Å². The second kappa shape index (κ2) is 6.21. The Morgan fingerprint density at radius 3 is 2.89 bits per heavy atom. The number of ether oxygens (including phenoxy) is 1. The van der Waals surface area contributed by atoms with Crippen LogP contribution in [0.15, 0.2) is 36.8 Å². The van der Waals surface area contributed by atoms with Gasteiger partial charge in [0.2, 0.25) is 0 Å². The van der Waals surface area contributed by atoms with Gasteiger partial charge >= 0.3 is 0 Å². The molecule has 18 heavy (non-hydrogen) atoms. The van der Waals surface area contributed by atoms with Crippen LogP contribution in [0.2, 0.25) is 5.02 Å². The molecule has 0 radical (unpaired) electrons. The van der Waals surface area contributed by atoms with Crippen molar-refractivity contribution in [3.8, 4) is 5.75 Å². The van der Waals surface area contributed by atoms with Crippen molar-refractivity contribution in [1.29, 1.82) is 0 Å². The fourth-order valence-electron chi connectivity index (χ4n) is 1.50. The second-order valence-corrected chi connectivity index (χ2v) is 4.04. The summed E-state index contributed by atoms with van der Waals surface area (Å²) in [4.78, 5) is 8.18. The van der Waals surface area contributed by atoms with Gasteiger partial charge in [-0.25, -0.2) is 0 Å². The smallest absolute Gasteiger partial charge is 0.138 e. The summed E-state index contributed by atoms with van der Waals surface area (Å²) in [7, 11) is 0. The lowest BCUT2D eigenvalue weighted by Crippen LogP contribution is -2.02. The van der Waals surface area contributed by atoms with Crippen LogP contribution in [0.1, 0.15) is 12.6 Å². The maximum absolute atomic E-state index is 6.10. The molecule has 5 heteroatoms. The Labute approximate surface area is 111 Å². The molecule has 94 valence electrons. The van der Waals surface area contributed by atoms with Crippen molar-refractivity contribution in [2.75, 3.05) is 11.9 Å². The molecule has 1 aromatic heterocycles. The molecule has 2 rings (SSSR count). The van der Waals surface area contributed by atoms with Gasteiger partial charge in [0.05, 0.1) is 30.1 Å². The van der Waals surface area contributed by atoms with Crippen molar-refractivity contribution < 1.29 is 4.74 Å². The van der Waals surface area contributed by atoms with E-state index in [2.05, 4.69) is 15.3 Å². The zero-order chi connectivity index (χ0) is 12.8. The molecule has 2 aromatic rings. The summed E-state index contributed by atoms with van der Waals surface area (Å²) in [6, 6.07) is 5.61. The monoisotopic (exact) mass is 263 g/mol. The molecule has 0 unspecified atom stereocenters. The lowest BCUT2D eigenvalue weighted by Gasteiger charge is -2.09. The summed E-state index contributed by atoms with van der Waals surface area (Å²) in [6.07, 6.45) is 5.04. The van der Waals surface area contributed by atoms with Crippen molar-refractivity contribution in [2.45, 2.75) is 13.5 Å². The molecule has 1 N–H and O–H groups in total. The van der Waals surface area contributed by atoms with E-state index in [1.54, 1.807) is 18.6 Å². The number of hydrogen-bond donors (Lipinski definition) is 1. The Bertz CT molecular complexity index is 505. The first-order chi connectivity index (χ1) is 8.79. The summed E-state index contributed by atoms with van der Waals surface area (Å²) in [5.41, 5.74) is 1.80. The Hall–Kier alpha value is -1.81. The van der Waals surface area contributed by atoms with Gasteiger partial charge in [-0.05, 0) is 25.1 Å². The maximum atomic E-state index is 6.10. The molecule has 0 bridgehead atoms. The van der Waals surface area contributed by atoms with Gasteiger partial charge in [0.25, 0.3) is 0 Å². The molecular weight excluding hydrogens is 250 g/mol. The molecule has 4 nitrogen and oxygen atoms in total. The molecule has 0 aliphatic rings. The van der Waals surface area contributed by atoms with Gasteiger partial charge in [-0.1, -0.05) is 11.6 Å². The molecule has 0 saturated carbocycles. The van der Waals surface area contributed by atoms with Gasteiger partial charge in [-0.15, -0.1) is 0 Å². The number of aromatic nitrogens is 2. The average molecular weight is 264 g/mol. The fourth-order valence-corrected chi connectivity index (χ4v) is 1.73. The molecule has 0 spiro atoms. The van der Waals surface area contributed by atoms with E-state index in [4.69, 9.17) is 16.3 Å². The first-order valence-electron chi connectivity index (χ1n) is 5.70. The molecule has 0 fully saturated rings. The average Bonchev–Trinajstić information content (AvgIpc) is 2.41. The van der Waals surface area contributed by atoms with E-state index in [9.17, 15) is 0 Å².